The van der Waals surface area contributed by atoms with Gasteiger partial charge in [0.05, 0.1) is 25.8 Å². The first-order valence-corrected chi connectivity index (χ1v) is 5.23. The molecule has 0 saturated heterocycles. The van der Waals surface area contributed by atoms with Crippen LogP contribution in [0.4, 0.5) is 0 Å². The molecule has 84 valence electrons. The van der Waals surface area contributed by atoms with Crippen molar-refractivity contribution in [1.82, 2.24) is 4.98 Å². The summed E-state index contributed by atoms with van der Waals surface area (Å²) in [6, 6.07) is 0. The van der Waals surface area contributed by atoms with Crippen molar-refractivity contribution in [2.75, 3.05) is 14.2 Å². The quantitative estimate of drug-likeness (QED) is 0.762. The summed E-state index contributed by atoms with van der Waals surface area (Å²) in [6.45, 7) is 0.412. The Labute approximate surface area is 91.7 Å². The van der Waals surface area contributed by atoms with E-state index in [1.807, 2.05) is 0 Å². The molecule has 1 N–H and O–H groups in total. The Bertz CT molecular complexity index is 326. The fourth-order valence-electron chi connectivity index (χ4n) is 1.01. The summed E-state index contributed by atoms with van der Waals surface area (Å²) in [5.74, 6) is -0.455. The molecule has 6 heteroatoms. The van der Waals surface area contributed by atoms with Crippen LogP contribution in [0.1, 0.15) is 23.2 Å². The van der Waals surface area contributed by atoms with Crippen molar-refractivity contribution in [2.45, 2.75) is 19.1 Å². The molecule has 15 heavy (non-hydrogen) atoms. The van der Waals surface area contributed by atoms with Gasteiger partial charge in [-0.1, -0.05) is 0 Å². The van der Waals surface area contributed by atoms with Crippen molar-refractivity contribution >= 4 is 17.3 Å². The summed E-state index contributed by atoms with van der Waals surface area (Å²) in [6.07, 6.45) is -0.980. The van der Waals surface area contributed by atoms with Crippen LogP contribution in [-0.2, 0) is 20.9 Å². The Morgan fingerprint density at radius 3 is 3.00 bits per heavy atom. The van der Waals surface area contributed by atoms with Crippen molar-refractivity contribution in [2.24, 2.45) is 0 Å². The number of aromatic nitrogens is 1. The molecule has 0 aromatic carbocycles. The Kier molecular flexibility index (Phi) is 4.67. The van der Waals surface area contributed by atoms with Crippen molar-refractivity contribution in [1.29, 1.82) is 0 Å². The van der Waals surface area contributed by atoms with Gasteiger partial charge in [-0.3, -0.25) is 4.79 Å². The number of aliphatic hydroxyl groups excluding tert-OH is 1. The lowest BCUT2D eigenvalue weighted by molar-refractivity contribution is -0.142. The first kappa shape index (κ1) is 12.1. The van der Waals surface area contributed by atoms with E-state index in [-0.39, 0.29) is 6.42 Å². The molecule has 0 fully saturated rings. The topological polar surface area (TPSA) is 68.7 Å². The molecule has 1 aromatic rings. The zero-order valence-corrected chi connectivity index (χ0v) is 9.41. The maximum atomic E-state index is 10.9. The van der Waals surface area contributed by atoms with Gasteiger partial charge in [-0.15, -0.1) is 11.3 Å². The van der Waals surface area contributed by atoms with Crippen LogP contribution >= 0.6 is 11.3 Å². The summed E-state index contributed by atoms with van der Waals surface area (Å²) < 4.78 is 9.35. The minimum atomic E-state index is -0.903. The van der Waals surface area contributed by atoms with Crippen LogP contribution in [0.2, 0.25) is 0 Å². The zero-order chi connectivity index (χ0) is 11.3. The minimum Gasteiger partial charge on any atom is -0.469 e. The fourth-order valence-corrected chi connectivity index (χ4v) is 1.82. The fraction of sp³-hybridized carbons (Fsp3) is 0.556. The molecular formula is C9H13NO4S. The van der Waals surface area contributed by atoms with E-state index < -0.39 is 12.1 Å². The van der Waals surface area contributed by atoms with Crippen LogP contribution in [0.3, 0.4) is 0 Å². The van der Waals surface area contributed by atoms with Crippen LogP contribution in [0.5, 0.6) is 0 Å². The van der Waals surface area contributed by atoms with Crippen molar-refractivity contribution in [3.63, 3.8) is 0 Å². The summed E-state index contributed by atoms with van der Waals surface area (Å²) in [4.78, 5) is 15.0. The number of esters is 1. The first-order chi connectivity index (χ1) is 7.17. The van der Waals surface area contributed by atoms with Crippen LogP contribution < -0.4 is 0 Å². The molecule has 0 aliphatic heterocycles. The third-order valence-electron chi connectivity index (χ3n) is 1.77. The number of methoxy groups -OCH3 is 2. The number of carbonyl (C=O) groups excluding carboxylic acids is 1. The van der Waals surface area contributed by atoms with E-state index in [0.717, 1.165) is 5.01 Å². The normalized spacial score (nSPS) is 12.5. The molecule has 0 saturated carbocycles. The molecule has 0 bridgehead atoms. The van der Waals surface area contributed by atoms with Gasteiger partial charge in [0, 0.05) is 12.5 Å². The van der Waals surface area contributed by atoms with Crippen LogP contribution in [0.15, 0.2) is 5.38 Å². The predicted octanol–water partition coefficient (Wildman–Crippen LogP) is 0.886. The lowest BCUT2D eigenvalue weighted by Gasteiger charge is -2.05. The highest BCUT2D eigenvalue weighted by Gasteiger charge is 2.16. The number of nitrogens with zero attached hydrogens (tertiary/aromatic N) is 1. The average Bonchev–Trinajstić information content (AvgIpc) is 2.67. The Hall–Kier alpha value is -0.980. The maximum absolute atomic E-state index is 10.9. The van der Waals surface area contributed by atoms with Gasteiger partial charge in [-0.05, 0) is 0 Å². The molecule has 1 aromatic heterocycles. The monoisotopic (exact) mass is 231 g/mol. The van der Waals surface area contributed by atoms with Crippen LogP contribution in [-0.4, -0.2) is 30.3 Å². The second kappa shape index (κ2) is 5.79. The van der Waals surface area contributed by atoms with Gasteiger partial charge in [-0.2, -0.15) is 0 Å². The van der Waals surface area contributed by atoms with E-state index in [1.165, 1.54) is 18.4 Å². The molecule has 0 spiro atoms. The zero-order valence-electron chi connectivity index (χ0n) is 8.60. The van der Waals surface area contributed by atoms with Crippen molar-refractivity contribution < 1.29 is 19.4 Å². The largest absolute Gasteiger partial charge is 0.469 e. The Morgan fingerprint density at radius 2 is 2.40 bits per heavy atom. The molecule has 1 heterocycles. The molecule has 5 nitrogen and oxygen atoms in total. The summed E-state index contributed by atoms with van der Waals surface area (Å²) in [5, 5.41) is 12.1. The number of hydrogen-bond donors (Lipinski definition) is 1. The number of hydrogen-bond acceptors (Lipinski definition) is 6. The SMILES string of the molecule is COCc1nc([C@@H](O)CC(=O)OC)cs1. The van der Waals surface area contributed by atoms with Gasteiger partial charge in [0.1, 0.15) is 11.1 Å². The van der Waals surface area contributed by atoms with E-state index in [2.05, 4.69) is 9.72 Å². The van der Waals surface area contributed by atoms with Gasteiger partial charge in [-0.25, -0.2) is 4.98 Å². The second-order valence-electron chi connectivity index (χ2n) is 2.90. The highest BCUT2D eigenvalue weighted by atomic mass is 32.1. The molecule has 0 amide bonds. The van der Waals surface area contributed by atoms with Gasteiger partial charge in [0.15, 0.2) is 0 Å². The highest BCUT2D eigenvalue weighted by molar-refractivity contribution is 7.09. The average molecular weight is 231 g/mol. The molecule has 1 atom stereocenters. The van der Waals surface area contributed by atoms with E-state index >= 15 is 0 Å². The smallest absolute Gasteiger partial charge is 0.308 e. The standard InChI is InChI=1S/C9H13NO4S/c1-13-4-8-10-6(5-15-8)7(11)3-9(12)14-2/h5,7,11H,3-4H2,1-2H3/t7-/m0/s1. The lowest BCUT2D eigenvalue weighted by Crippen LogP contribution is -2.08. The summed E-state index contributed by atoms with van der Waals surface area (Å²) >= 11 is 1.39. The molecule has 0 radical (unpaired) electrons. The van der Waals surface area contributed by atoms with Crippen LogP contribution in [0.25, 0.3) is 0 Å². The summed E-state index contributed by atoms with van der Waals surface area (Å²) in [7, 11) is 2.86. The van der Waals surface area contributed by atoms with Gasteiger partial charge >= 0.3 is 5.97 Å². The maximum Gasteiger partial charge on any atom is 0.308 e. The number of thiazole rings is 1. The predicted molar refractivity (Wildman–Crippen MR) is 54.4 cm³/mol. The van der Waals surface area contributed by atoms with E-state index in [0.29, 0.717) is 12.3 Å². The van der Waals surface area contributed by atoms with Gasteiger partial charge < -0.3 is 14.6 Å². The number of carbonyl (C=O) groups is 1. The lowest BCUT2D eigenvalue weighted by atomic mass is 10.2. The number of aliphatic hydroxyl groups is 1. The summed E-state index contributed by atoms with van der Waals surface area (Å²) in [5.41, 5.74) is 0.484. The first-order valence-electron chi connectivity index (χ1n) is 4.35. The minimum absolute atomic E-state index is 0.0767. The van der Waals surface area contributed by atoms with E-state index in [9.17, 15) is 9.90 Å². The molecule has 0 unspecified atom stereocenters. The highest BCUT2D eigenvalue weighted by Crippen LogP contribution is 2.20. The molecule has 1 rings (SSSR count). The third-order valence-corrected chi connectivity index (χ3v) is 2.61. The Morgan fingerprint density at radius 1 is 1.67 bits per heavy atom. The van der Waals surface area contributed by atoms with E-state index in [1.54, 1.807) is 12.5 Å². The third kappa shape index (κ3) is 3.58. The second-order valence-corrected chi connectivity index (χ2v) is 3.84. The number of rotatable bonds is 5. The molecule has 0 aliphatic rings. The van der Waals surface area contributed by atoms with Crippen molar-refractivity contribution in [3.8, 4) is 0 Å². The van der Waals surface area contributed by atoms with Crippen molar-refractivity contribution in [3.05, 3.63) is 16.1 Å². The Balaban J connectivity index is 2.57. The van der Waals surface area contributed by atoms with E-state index in [4.69, 9.17) is 4.74 Å². The van der Waals surface area contributed by atoms with Gasteiger partial charge in [0.25, 0.3) is 0 Å². The van der Waals surface area contributed by atoms with Gasteiger partial charge in [0.2, 0.25) is 0 Å². The van der Waals surface area contributed by atoms with Crippen LogP contribution in [0, 0.1) is 0 Å². The molecule has 0 aliphatic carbocycles. The molecular weight excluding hydrogens is 218 g/mol. The number of ether oxygens (including phenoxy) is 2.